The van der Waals surface area contributed by atoms with E-state index in [-0.39, 0.29) is 18.2 Å². The number of nitrogens with one attached hydrogen (secondary N) is 1. The van der Waals surface area contributed by atoms with Crippen LogP contribution in [0, 0.1) is 0 Å². The number of para-hydroxylation sites is 2. The monoisotopic (exact) mass is 568 g/mol. The van der Waals surface area contributed by atoms with Crippen LogP contribution in [-0.4, -0.2) is 16.2 Å². The van der Waals surface area contributed by atoms with Gasteiger partial charge in [-0.2, -0.15) is 0 Å². The van der Waals surface area contributed by atoms with Gasteiger partial charge in [-0.1, -0.05) is 103 Å². The molecule has 2 aliphatic heterocycles. The van der Waals surface area contributed by atoms with Crippen LogP contribution < -0.4 is 10.1 Å². The average Bonchev–Trinajstić information content (AvgIpc) is 3.64. The first-order valence-corrected chi connectivity index (χ1v) is 15.0. The molecule has 0 bridgehead atoms. The first-order chi connectivity index (χ1) is 21.8. The molecule has 3 unspecified atom stereocenters. The highest BCUT2D eigenvalue weighted by Crippen LogP contribution is 2.53. The minimum Gasteiger partial charge on any atom is -0.484 e. The third kappa shape index (κ3) is 3.93. The third-order valence-corrected chi connectivity index (χ3v) is 8.82. The van der Waals surface area contributed by atoms with Crippen LogP contribution >= 0.6 is 0 Å². The van der Waals surface area contributed by atoms with Crippen molar-refractivity contribution in [3.8, 4) is 11.4 Å². The zero-order valence-corrected chi connectivity index (χ0v) is 23.8. The Morgan fingerprint density at radius 3 is 2.14 bits per heavy atom. The van der Waals surface area contributed by atoms with Crippen LogP contribution in [0.5, 0.6) is 5.75 Å². The maximum absolute atomic E-state index is 6.77. The van der Waals surface area contributed by atoms with E-state index >= 15 is 0 Å². The van der Waals surface area contributed by atoms with Crippen LogP contribution in [-0.2, 0) is 0 Å². The third-order valence-electron chi connectivity index (χ3n) is 8.82. The Morgan fingerprint density at radius 2 is 1.34 bits per heavy atom. The van der Waals surface area contributed by atoms with Crippen molar-refractivity contribution in [1.82, 2.24) is 9.88 Å². The van der Waals surface area contributed by atoms with Gasteiger partial charge in [-0.15, -0.1) is 0 Å². The number of rotatable bonds is 4. The van der Waals surface area contributed by atoms with Crippen molar-refractivity contribution in [3.05, 3.63) is 173 Å². The minimum absolute atomic E-state index is 0.101. The van der Waals surface area contributed by atoms with E-state index in [9.17, 15) is 0 Å². The Balaban J connectivity index is 1.12. The topological polar surface area (TPSA) is 50.9 Å². The maximum Gasteiger partial charge on any atom is 0.169 e. The molecule has 0 radical (unpaired) electrons. The molecule has 0 saturated carbocycles. The lowest BCUT2D eigenvalue weighted by molar-refractivity contribution is 0.224. The van der Waals surface area contributed by atoms with Crippen LogP contribution in [0.4, 0.5) is 0 Å². The van der Waals surface area contributed by atoms with E-state index in [1.807, 2.05) is 36.4 Å². The molecule has 1 N–H and O–H groups in total. The Morgan fingerprint density at radius 1 is 0.659 bits per heavy atom. The van der Waals surface area contributed by atoms with Gasteiger partial charge in [0.1, 0.15) is 23.5 Å². The summed E-state index contributed by atoms with van der Waals surface area (Å²) in [6.45, 7) is 0. The quantitative estimate of drug-likeness (QED) is 0.232. The standard InChI is InChI=1S/C39H28N4O/c1-4-12-25(13-5-1)37-40-38(26-14-6-2-7-15-26)42-39(41-37)27-20-23-34-31(24-27)29-21-22-33-35(36(29)44-34)30-18-10-11-19-32(30)43(33)28-16-8-3-9-17-28/h1-24,29,36-37H,(H,40,41,42). The number of aliphatic imine (C=N–C) groups is 2. The summed E-state index contributed by atoms with van der Waals surface area (Å²) in [5.74, 6) is 2.64. The molecular weight excluding hydrogens is 540 g/mol. The van der Waals surface area contributed by atoms with Gasteiger partial charge in [-0.05, 0) is 48.0 Å². The molecule has 0 spiro atoms. The normalized spacial score (nSPS) is 19.7. The van der Waals surface area contributed by atoms with Crippen molar-refractivity contribution in [1.29, 1.82) is 0 Å². The highest BCUT2D eigenvalue weighted by Gasteiger charge is 2.40. The lowest BCUT2D eigenvalue weighted by atomic mass is 9.85. The molecule has 0 amide bonds. The van der Waals surface area contributed by atoms with Gasteiger partial charge in [-0.25, -0.2) is 9.98 Å². The number of benzene rings is 5. The van der Waals surface area contributed by atoms with Gasteiger partial charge in [0.05, 0.1) is 11.2 Å². The summed E-state index contributed by atoms with van der Waals surface area (Å²) in [6.07, 6.45) is 4.15. The number of nitrogens with zero attached hydrogens (tertiary/aromatic N) is 3. The van der Waals surface area contributed by atoms with Crippen molar-refractivity contribution in [2.24, 2.45) is 9.98 Å². The van der Waals surface area contributed by atoms with E-state index in [1.54, 1.807) is 0 Å². The van der Waals surface area contributed by atoms with E-state index in [2.05, 4.69) is 119 Å². The molecule has 44 heavy (non-hydrogen) atoms. The van der Waals surface area contributed by atoms with Crippen molar-refractivity contribution < 1.29 is 4.74 Å². The molecule has 5 heteroatoms. The molecule has 9 rings (SSSR count). The molecule has 1 aliphatic carbocycles. The number of aromatic nitrogens is 1. The molecule has 5 nitrogen and oxygen atoms in total. The molecule has 1 aromatic heterocycles. The second-order valence-electron chi connectivity index (χ2n) is 11.4. The fourth-order valence-electron chi connectivity index (χ4n) is 6.79. The summed E-state index contributed by atoms with van der Waals surface area (Å²) in [5, 5.41) is 4.78. The Labute approximate surface area is 255 Å². The smallest absolute Gasteiger partial charge is 0.169 e. The summed E-state index contributed by atoms with van der Waals surface area (Å²) >= 11 is 0. The molecule has 3 heterocycles. The van der Waals surface area contributed by atoms with Crippen LogP contribution in [0.15, 0.2) is 150 Å². The summed E-state index contributed by atoms with van der Waals surface area (Å²) in [4.78, 5) is 10.1. The van der Waals surface area contributed by atoms with Gasteiger partial charge in [0.2, 0.25) is 0 Å². The van der Waals surface area contributed by atoms with Gasteiger partial charge in [0.25, 0.3) is 0 Å². The highest BCUT2D eigenvalue weighted by molar-refractivity contribution is 6.16. The fourth-order valence-corrected chi connectivity index (χ4v) is 6.79. The molecule has 3 atom stereocenters. The zero-order valence-electron chi connectivity index (χ0n) is 23.8. The summed E-state index contributed by atoms with van der Waals surface area (Å²) in [7, 11) is 0. The lowest BCUT2D eigenvalue weighted by Crippen LogP contribution is -2.36. The fraction of sp³-hybridized carbons (Fsp3) is 0.0769. The molecule has 0 saturated heterocycles. The molecule has 210 valence electrons. The second-order valence-corrected chi connectivity index (χ2v) is 11.4. The van der Waals surface area contributed by atoms with Crippen LogP contribution in [0.25, 0.3) is 22.7 Å². The van der Waals surface area contributed by atoms with Gasteiger partial charge in [0.15, 0.2) is 6.17 Å². The average molecular weight is 569 g/mol. The largest absolute Gasteiger partial charge is 0.484 e. The summed E-state index contributed by atoms with van der Waals surface area (Å²) in [5.41, 5.74) is 9.04. The van der Waals surface area contributed by atoms with Gasteiger partial charge in [0, 0.05) is 39.2 Å². The Bertz CT molecular complexity index is 2130. The molecule has 3 aliphatic rings. The van der Waals surface area contributed by atoms with Gasteiger partial charge >= 0.3 is 0 Å². The van der Waals surface area contributed by atoms with Crippen LogP contribution in [0.3, 0.4) is 0 Å². The summed E-state index contributed by atoms with van der Waals surface area (Å²) in [6, 6.07) is 46.2. The molecular formula is C39H28N4O. The van der Waals surface area contributed by atoms with Crippen LogP contribution in [0.1, 0.15) is 51.7 Å². The van der Waals surface area contributed by atoms with E-state index in [0.717, 1.165) is 39.8 Å². The first-order valence-electron chi connectivity index (χ1n) is 15.0. The predicted molar refractivity (Wildman–Crippen MR) is 177 cm³/mol. The van der Waals surface area contributed by atoms with Crippen molar-refractivity contribution in [3.63, 3.8) is 0 Å². The minimum atomic E-state index is -0.332. The Kier molecular flexibility index (Phi) is 5.63. The summed E-state index contributed by atoms with van der Waals surface area (Å²) < 4.78 is 9.12. The number of fused-ring (bicyclic) bond motifs is 7. The molecule has 5 aromatic carbocycles. The predicted octanol–water partition coefficient (Wildman–Crippen LogP) is 8.37. The molecule has 0 fully saturated rings. The second kappa shape index (κ2) is 9.96. The van der Waals surface area contributed by atoms with Crippen molar-refractivity contribution in [2.45, 2.75) is 18.2 Å². The lowest BCUT2D eigenvalue weighted by Gasteiger charge is -2.23. The van der Waals surface area contributed by atoms with E-state index in [1.165, 1.54) is 27.7 Å². The van der Waals surface area contributed by atoms with Crippen molar-refractivity contribution in [2.75, 3.05) is 0 Å². The van der Waals surface area contributed by atoms with Crippen molar-refractivity contribution >= 4 is 28.7 Å². The van der Waals surface area contributed by atoms with E-state index in [0.29, 0.717) is 0 Å². The van der Waals surface area contributed by atoms with Gasteiger partial charge in [-0.3, -0.25) is 0 Å². The highest BCUT2D eigenvalue weighted by atomic mass is 16.5. The number of ether oxygens (including phenoxy) is 1. The Hall–Kier alpha value is -5.68. The van der Waals surface area contributed by atoms with E-state index < -0.39 is 0 Å². The number of amidine groups is 2. The molecule has 6 aromatic rings. The van der Waals surface area contributed by atoms with E-state index in [4.69, 9.17) is 14.7 Å². The number of hydrogen-bond acceptors (Lipinski definition) is 4. The number of hydrogen-bond donors (Lipinski definition) is 1. The van der Waals surface area contributed by atoms with Gasteiger partial charge < -0.3 is 14.6 Å². The SMILES string of the molecule is C1=CC2c3cc(C4=NC(c5ccccc5)N=C(c5ccccc5)N4)ccc3OC2c2c1n(-c1ccccc1)c1ccccc21. The maximum atomic E-state index is 6.77. The zero-order chi connectivity index (χ0) is 29.0. The first kappa shape index (κ1) is 24.9. The van der Waals surface area contributed by atoms with Crippen LogP contribution in [0.2, 0.25) is 0 Å².